The van der Waals surface area contributed by atoms with E-state index < -0.39 is 0 Å². The lowest BCUT2D eigenvalue weighted by Gasteiger charge is -2.17. The van der Waals surface area contributed by atoms with Crippen molar-refractivity contribution in [1.82, 2.24) is 0 Å². The van der Waals surface area contributed by atoms with Crippen LogP contribution in [-0.4, -0.2) is 18.8 Å². The molecule has 0 aliphatic rings. The first-order valence-corrected chi connectivity index (χ1v) is 7.15. The first-order valence-electron chi connectivity index (χ1n) is 7.15. The molecule has 1 atom stereocenters. The van der Waals surface area contributed by atoms with Crippen LogP contribution in [0.15, 0.2) is 18.2 Å². The van der Waals surface area contributed by atoms with Gasteiger partial charge in [-0.1, -0.05) is 39.2 Å². The summed E-state index contributed by atoms with van der Waals surface area (Å²) in [5.74, 6) is 2.04. The molecule has 1 aromatic carbocycles. The quantitative estimate of drug-likeness (QED) is 0.739. The van der Waals surface area contributed by atoms with Gasteiger partial charge in [0.05, 0.1) is 20.3 Å². The molecule has 19 heavy (non-hydrogen) atoms. The zero-order valence-corrected chi connectivity index (χ0v) is 12.3. The van der Waals surface area contributed by atoms with Gasteiger partial charge < -0.3 is 14.6 Å². The Labute approximate surface area is 116 Å². The molecule has 0 fully saturated rings. The zero-order valence-electron chi connectivity index (χ0n) is 12.3. The van der Waals surface area contributed by atoms with Crippen molar-refractivity contribution in [2.45, 2.75) is 46.1 Å². The molecule has 0 radical (unpaired) electrons. The molecule has 1 rings (SSSR count). The number of hydrogen-bond acceptors (Lipinski definition) is 3. The van der Waals surface area contributed by atoms with E-state index >= 15 is 0 Å². The molecule has 1 N–H and O–H groups in total. The molecule has 3 nitrogen and oxygen atoms in total. The van der Waals surface area contributed by atoms with E-state index in [1.807, 2.05) is 18.2 Å². The fourth-order valence-corrected chi connectivity index (χ4v) is 2.04. The zero-order chi connectivity index (χ0) is 14.1. The van der Waals surface area contributed by atoms with Crippen molar-refractivity contribution in [3.63, 3.8) is 0 Å². The van der Waals surface area contributed by atoms with Gasteiger partial charge in [0.2, 0.25) is 0 Å². The summed E-state index contributed by atoms with van der Waals surface area (Å²) in [6, 6.07) is 5.54. The van der Waals surface area contributed by atoms with Crippen LogP contribution >= 0.6 is 0 Å². The van der Waals surface area contributed by atoms with E-state index in [9.17, 15) is 0 Å². The average Bonchev–Trinajstić information content (AvgIpc) is 2.47. The van der Waals surface area contributed by atoms with E-state index in [0.717, 1.165) is 23.5 Å². The third-order valence-corrected chi connectivity index (χ3v) is 3.43. The third kappa shape index (κ3) is 5.11. The summed E-state index contributed by atoms with van der Waals surface area (Å²) in [5, 5.41) is 9.17. The largest absolute Gasteiger partial charge is 0.493 e. The second-order valence-electron chi connectivity index (χ2n) is 4.87. The van der Waals surface area contributed by atoms with E-state index in [1.54, 1.807) is 7.11 Å². The van der Waals surface area contributed by atoms with Crippen molar-refractivity contribution in [2.24, 2.45) is 5.92 Å². The molecule has 0 aliphatic carbocycles. The van der Waals surface area contributed by atoms with Gasteiger partial charge in [0.1, 0.15) is 0 Å². The second kappa shape index (κ2) is 8.81. The number of aliphatic hydroxyl groups is 1. The van der Waals surface area contributed by atoms with Gasteiger partial charge in [-0.3, -0.25) is 0 Å². The van der Waals surface area contributed by atoms with Gasteiger partial charge in [-0.15, -0.1) is 0 Å². The molecule has 1 aromatic rings. The Hall–Kier alpha value is -1.22. The number of methoxy groups -OCH3 is 1. The molecule has 1 unspecified atom stereocenters. The lowest BCUT2D eigenvalue weighted by Crippen LogP contribution is -2.12. The van der Waals surface area contributed by atoms with Crippen molar-refractivity contribution >= 4 is 0 Å². The van der Waals surface area contributed by atoms with Crippen molar-refractivity contribution in [1.29, 1.82) is 0 Å². The summed E-state index contributed by atoms with van der Waals surface area (Å²) < 4.78 is 11.2. The molecule has 3 heteroatoms. The minimum atomic E-state index is 0.0212. The summed E-state index contributed by atoms with van der Waals surface area (Å²) >= 11 is 0. The monoisotopic (exact) mass is 266 g/mol. The Bertz CT molecular complexity index is 363. The van der Waals surface area contributed by atoms with Crippen LogP contribution in [0.25, 0.3) is 0 Å². The van der Waals surface area contributed by atoms with Crippen molar-refractivity contribution < 1.29 is 14.6 Å². The normalized spacial score (nSPS) is 12.2. The van der Waals surface area contributed by atoms with Crippen LogP contribution in [0.1, 0.15) is 45.1 Å². The van der Waals surface area contributed by atoms with Crippen LogP contribution in [0.5, 0.6) is 11.5 Å². The minimum absolute atomic E-state index is 0.0212. The summed E-state index contributed by atoms with van der Waals surface area (Å²) in [6.07, 6.45) is 4.80. The molecule has 0 saturated heterocycles. The van der Waals surface area contributed by atoms with Gasteiger partial charge in [-0.25, -0.2) is 0 Å². The number of rotatable bonds is 9. The van der Waals surface area contributed by atoms with Gasteiger partial charge in [-0.05, 0) is 30.0 Å². The summed E-state index contributed by atoms with van der Waals surface area (Å²) in [7, 11) is 1.63. The Morgan fingerprint density at radius 2 is 2.00 bits per heavy atom. The summed E-state index contributed by atoms with van der Waals surface area (Å²) in [4.78, 5) is 0. The predicted molar refractivity (Wildman–Crippen MR) is 77.7 cm³/mol. The van der Waals surface area contributed by atoms with E-state index in [-0.39, 0.29) is 6.61 Å². The van der Waals surface area contributed by atoms with Gasteiger partial charge in [0.25, 0.3) is 0 Å². The summed E-state index contributed by atoms with van der Waals surface area (Å²) in [6.45, 7) is 5.14. The topological polar surface area (TPSA) is 38.7 Å². The van der Waals surface area contributed by atoms with Crippen molar-refractivity contribution in [3.8, 4) is 11.5 Å². The Balaban J connectivity index is 2.63. The number of ether oxygens (including phenoxy) is 2. The van der Waals surface area contributed by atoms with E-state index in [0.29, 0.717) is 12.5 Å². The number of hydrogen-bond donors (Lipinski definition) is 1. The fraction of sp³-hybridized carbons (Fsp3) is 0.625. The molecule has 0 bridgehead atoms. The highest BCUT2D eigenvalue weighted by molar-refractivity contribution is 5.42. The second-order valence-corrected chi connectivity index (χ2v) is 4.87. The average molecular weight is 266 g/mol. The number of aliphatic hydroxyl groups excluding tert-OH is 1. The van der Waals surface area contributed by atoms with E-state index in [2.05, 4.69) is 13.8 Å². The van der Waals surface area contributed by atoms with Gasteiger partial charge in [-0.2, -0.15) is 0 Å². The van der Waals surface area contributed by atoms with Crippen LogP contribution in [-0.2, 0) is 6.61 Å². The maximum atomic E-state index is 9.17. The highest BCUT2D eigenvalue weighted by atomic mass is 16.5. The highest BCUT2D eigenvalue weighted by Crippen LogP contribution is 2.29. The molecule has 0 spiro atoms. The minimum Gasteiger partial charge on any atom is -0.493 e. The van der Waals surface area contributed by atoms with Crippen LogP contribution in [0.2, 0.25) is 0 Å². The fourth-order valence-electron chi connectivity index (χ4n) is 2.04. The van der Waals surface area contributed by atoms with E-state index in [4.69, 9.17) is 14.6 Å². The summed E-state index contributed by atoms with van der Waals surface area (Å²) in [5.41, 5.74) is 0.845. The van der Waals surface area contributed by atoms with E-state index in [1.165, 1.54) is 19.3 Å². The van der Waals surface area contributed by atoms with Crippen LogP contribution in [0.4, 0.5) is 0 Å². The first kappa shape index (κ1) is 15.8. The molecule has 0 aromatic heterocycles. The van der Waals surface area contributed by atoms with Crippen LogP contribution < -0.4 is 9.47 Å². The van der Waals surface area contributed by atoms with Gasteiger partial charge in [0, 0.05) is 0 Å². The SMILES string of the molecule is CCCCC(CC)COc1cc(CO)ccc1OC. The van der Waals surface area contributed by atoms with Crippen molar-refractivity contribution in [2.75, 3.05) is 13.7 Å². The number of unbranched alkanes of at least 4 members (excludes halogenated alkanes) is 1. The predicted octanol–water partition coefficient (Wildman–Crippen LogP) is 3.78. The lowest BCUT2D eigenvalue weighted by molar-refractivity contribution is 0.223. The maximum Gasteiger partial charge on any atom is 0.161 e. The van der Waals surface area contributed by atoms with Crippen LogP contribution in [0.3, 0.4) is 0 Å². The highest BCUT2D eigenvalue weighted by Gasteiger charge is 2.10. The third-order valence-electron chi connectivity index (χ3n) is 3.43. The molecular weight excluding hydrogens is 240 g/mol. The first-order chi connectivity index (χ1) is 9.24. The number of benzene rings is 1. The standard InChI is InChI=1S/C16H26O3/c1-4-6-7-13(5-2)12-19-16-10-14(11-17)8-9-15(16)18-3/h8-10,13,17H,4-7,11-12H2,1-3H3. The van der Waals surface area contributed by atoms with Gasteiger partial charge >= 0.3 is 0 Å². The Morgan fingerprint density at radius 3 is 2.58 bits per heavy atom. The molecular formula is C16H26O3. The van der Waals surface area contributed by atoms with Gasteiger partial charge in [0.15, 0.2) is 11.5 Å². The molecule has 0 aliphatic heterocycles. The van der Waals surface area contributed by atoms with Crippen molar-refractivity contribution in [3.05, 3.63) is 23.8 Å². The molecule has 108 valence electrons. The Morgan fingerprint density at radius 1 is 1.21 bits per heavy atom. The smallest absolute Gasteiger partial charge is 0.161 e. The Kier molecular flexibility index (Phi) is 7.34. The van der Waals surface area contributed by atoms with Crippen LogP contribution in [0, 0.1) is 5.92 Å². The molecule has 0 amide bonds. The maximum absolute atomic E-state index is 9.17. The molecule has 0 heterocycles. The molecule has 0 saturated carbocycles. The lowest BCUT2D eigenvalue weighted by atomic mass is 10.0.